The van der Waals surface area contributed by atoms with Crippen LogP contribution >= 0.6 is 0 Å². The maximum absolute atomic E-state index is 12.0. The molecule has 0 aliphatic heterocycles. The number of amides is 3. The first kappa shape index (κ1) is 19.8. The van der Waals surface area contributed by atoms with Crippen LogP contribution in [0.3, 0.4) is 0 Å². The lowest BCUT2D eigenvalue weighted by Gasteiger charge is -2.18. The molecule has 0 bridgehead atoms. The zero-order valence-electron chi connectivity index (χ0n) is 14.7. The second-order valence-electron chi connectivity index (χ2n) is 5.51. The largest absolute Gasteiger partial charge is 0.491 e. The summed E-state index contributed by atoms with van der Waals surface area (Å²) in [7, 11) is 1.60. The number of hydrogen-bond donors (Lipinski definition) is 3. The Bertz CT molecular complexity index is 536. The molecule has 0 spiro atoms. The molecule has 3 N–H and O–H groups in total. The van der Waals surface area contributed by atoms with Crippen molar-refractivity contribution in [1.82, 2.24) is 10.6 Å². The van der Waals surface area contributed by atoms with Gasteiger partial charge in [-0.2, -0.15) is 0 Å². The number of methoxy groups -OCH3 is 1. The predicted octanol–water partition coefficient (Wildman–Crippen LogP) is 2.14. The minimum absolute atomic E-state index is 0.0748. The van der Waals surface area contributed by atoms with E-state index in [0.29, 0.717) is 24.7 Å². The van der Waals surface area contributed by atoms with E-state index in [1.54, 1.807) is 38.3 Å². The quantitative estimate of drug-likeness (QED) is 0.602. The Balaban J connectivity index is 2.49. The molecule has 134 valence electrons. The van der Waals surface area contributed by atoms with Gasteiger partial charge in [0.2, 0.25) is 5.91 Å². The fraction of sp³-hybridized carbons (Fsp3) is 0.529. The molecule has 1 aromatic rings. The van der Waals surface area contributed by atoms with E-state index in [1.807, 2.05) is 13.8 Å². The lowest BCUT2D eigenvalue weighted by Crippen LogP contribution is -2.48. The molecule has 7 nitrogen and oxygen atoms in total. The van der Waals surface area contributed by atoms with Gasteiger partial charge < -0.3 is 25.4 Å². The number of ether oxygens (including phenoxy) is 2. The topological polar surface area (TPSA) is 88.7 Å². The second kappa shape index (κ2) is 10.5. The summed E-state index contributed by atoms with van der Waals surface area (Å²) in [6.45, 7) is 6.46. The molecule has 0 aliphatic rings. The number of carbonyl (C=O) groups is 2. The van der Waals surface area contributed by atoms with Gasteiger partial charge in [-0.15, -0.1) is 0 Å². The average Bonchev–Trinajstić information content (AvgIpc) is 2.55. The normalized spacial score (nSPS) is 12.8. The third-order valence-corrected chi connectivity index (χ3v) is 3.39. The number of rotatable bonds is 9. The highest BCUT2D eigenvalue weighted by Gasteiger charge is 2.16. The lowest BCUT2D eigenvalue weighted by molar-refractivity contribution is -0.123. The number of anilines is 1. The van der Waals surface area contributed by atoms with Gasteiger partial charge >= 0.3 is 6.03 Å². The smallest absolute Gasteiger partial charge is 0.319 e. The number of nitrogens with one attached hydrogen (secondary N) is 3. The van der Waals surface area contributed by atoms with Gasteiger partial charge in [-0.25, -0.2) is 4.79 Å². The highest BCUT2D eigenvalue weighted by molar-refractivity contribution is 5.93. The number of hydrogen-bond acceptors (Lipinski definition) is 4. The van der Waals surface area contributed by atoms with Crippen LogP contribution in [0.15, 0.2) is 24.3 Å². The molecular formula is C17H27N3O4. The summed E-state index contributed by atoms with van der Waals surface area (Å²) >= 11 is 0. The van der Waals surface area contributed by atoms with E-state index in [4.69, 9.17) is 9.47 Å². The van der Waals surface area contributed by atoms with Gasteiger partial charge in [0.1, 0.15) is 18.4 Å². The lowest BCUT2D eigenvalue weighted by atomic mass is 10.2. The summed E-state index contributed by atoms with van der Waals surface area (Å²) in [5.41, 5.74) is 0.581. The molecule has 0 saturated carbocycles. The first-order valence-corrected chi connectivity index (χ1v) is 8.06. The van der Waals surface area contributed by atoms with Crippen LogP contribution in [-0.4, -0.2) is 44.3 Å². The van der Waals surface area contributed by atoms with Crippen LogP contribution in [0.4, 0.5) is 10.5 Å². The Kier molecular flexibility index (Phi) is 8.64. The Labute approximate surface area is 143 Å². The van der Waals surface area contributed by atoms with E-state index in [2.05, 4.69) is 16.0 Å². The molecule has 0 saturated heterocycles. The molecule has 0 aromatic heterocycles. The summed E-state index contributed by atoms with van der Waals surface area (Å²) < 4.78 is 10.4. The van der Waals surface area contributed by atoms with Gasteiger partial charge in [0.15, 0.2) is 0 Å². The standard InChI is InChI=1S/C17H27N3O4/c1-5-12(2)18-16(21)13(3)19-17(22)20-14-7-6-8-15(11-14)24-10-9-23-4/h6-8,11-13H,5,9-10H2,1-4H3,(H,18,21)(H2,19,20,22)/t12-,13+/m0/s1. The molecule has 0 radical (unpaired) electrons. The maximum atomic E-state index is 12.0. The zero-order valence-corrected chi connectivity index (χ0v) is 14.7. The van der Waals surface area contributed by atoms with Gasteiger partial charge in [0.05, 0.1) is 6.61 Å². The minimum Gasteiger partial charge on any atom is -0.491 e. The van der Waals surface area contributed by atoms with Crippen LogP contribution in [0.1, 0.15) is 27.2 Å². The van der Waals surface area contributed by atoms with Crippen molar-refractivity contribution in [2.75, 3.05) is 25.6 Å². The fourth-order valence-corrected chi connectivity index (χ4v) is 1.81. The van der Waals surface area contributed by atoms with Crippen LogP contribution in [0.25, 0.3) is 0 Å². The number of urea groups is 1. The molecular weight excluding hydrogens is 310 g/mol. The molecule has 0 unspecified atom stereocenters. The van der Waals surface area contributed by atoms with E-state index in [1.165, 1.54) is 0 Å². The van der Waals surface area contributed by atoms with Gasteiger partial charge in [-0.05, 0) is 32.4 Å². The summed E-state index contributed by atoms with van der Waals surface area (Å²) in [4.78, 5) is 23.9. The Morgan fingerprint density at radius 2 is 1.92 bits per heavy atom. The van der Waals surface area contributed by atoms with E-state index in [9.17, 15) is 9.59 Å². The van der Waals surface area contributed by atoms with Crippen molar-refractivity contribution in [3.05, 3.63) is 24.3 Å². The monoisotopic (exact) mass is 337 g/mol. The van der Waals surface area contributed by atoms with Crippen LogP contribution in [-0.2, 0) is 9.53 Å². The first-order valence-electron chi connectivity index (χ1n) is 8.06. The Morgan fingerprint density at radius 3 is 2.58 bits per heavy atom. The highest BCUT2D eigenvalue weighted by atomic mass is 16.5. The van der Waals surface area contributed by atoms with Crippen molar-refractivity contribution < 1.29 is 19.1 Å². The Morgan fingerprint density at radius 1 is 1.17 bits per heavy atom. The van der Waals surface area contributed by atoms with Crippen molar-refractivity contribution >= 4 is 17.6 Å². The van der Waals surface area contributed by atoms with Gasteiger partial charge in [0, 0.05) is 24.9 Å². The molecule has 0 heterocycles. The molecule has 3 amide bonds. The molecule has 7 heteroatoms. The highest BCUT2D eigenvalue weighted by Crippen LogP contribution is 2.17. The molecule has 2 atom stereocenters. The summed E-state index contributed by atoms with van der Waals surface area (Å²) in [5, 5.41) is 8.11. The van der Waals surface area contributed by atoms with E-state index in [-0.39, 0.29) is 11.9 Å². The Hall–Kier alpha value is -2.28. The van der Waals surface area contributed by atoms with Crippen molar-refractivity contribution in [3.63, 3.8) is 0 Å². The SMILES string of the molecule is CC[C@H](C)NC(=O)[C@@H](C)NC(=O)Nc1cccc(OCCOC)c1. The van der Waals surface area contributed by atoms with Crippen LogP contribution in [0.2, 0.25) is 0 Å². The second-order valence-corrected chi connectivity index (χ2v) is 5.51. The van der Waals surface area contributed by atoms with Gasteiger partial charge in [0.25, 0.3) is 0 Å². The van der Waals surface area contributed by atoms with Crippen molar-refractivity contribution in [1.29, 1.82) is 0 Å². The van der Waals surface area contributed by atoms with Crippen LogP contribution in [0, 0.1) is 0 Å². The zero-order chi connectivity index (χ0) is 17.9. The van der Waals surface area contributed by atoms with E-state index in [0.717, 1.165) is 6.42 Å². The van der Waals surface area contributed by atoms with Crippen LogP contribution < -0.4 is 20.7 Å². The third kappa shape index (κ3) is 7.32. The van der Waals surface area contributed by atoms with E-state index < -0.39 is 12.1 Å². The fourth-order valence-electron chi connectivity index (χ4n) is 1.81. The minimum atomic E-state index is -0.625. The molecule has 1 aromatic carbocycles. The maximum Gasteiger partial charge on any atom is 0.319 e. The summed E-state index contributed by atoms with van der Waals surface area (Å²) in [5.74, 6) is 0.420. The molecule has 1 rings (SSSR count). The third-order valence-electron chi connectivity index (χ3n) is 3.39. The van der Waals surface area contributed by atoms with Crippen molar-refractivity contribution in [2.24, 2.45) is 0 Å². The molecule has 0 aliphatic carbocycles. The molecule has 24 heavy (non-hydrogen) atoms. The number of benzene rings is 1. The predicted molar refractivity (Wildman–Crippen MR) is 93.3 cm³/mol. The van der Waals surface area contributed by atoms with Crippen molar-refractivity contribution in [3.8, 4) is 5.75 Å². The van der Waals surface area contributed by atoms with Crippen LogP contribution in [0.5, 0.6) is 5.75 Å². The van der Waals surface area contributed by atoms with Gasteiger partial charge in [-0.1, -0.05) is 13.0 Å². The molecule has 0 fully saturated rings. The van der Waals surface area contributed by atoms with Crippen molar-refractivity contribution in [2.45, 2.75) is 39.3 Å². The average molecular weight is 337 g/mol. The van der Waals surface area contributed by atoms with Gasteiger partial charge in [-0.3, -0.25) is 4.79 Å². The summed E-state index contributed by atoms with van der Waals surface area (Å²) in [6, 6.07) is 6.02. The van der Waals surface area contributed by atoms with E-state index >= 15 is 0 Å². The number of carbonyl (C=O) groups excluding carboxylic acids is 2. The first-order chi connectivity index (χ1) is 11.5. The summed E-state index contributed by atoms with van der Waals surface area (Å²) in [6.07, 6.45) is 0.834.